The Hall–Kier alpha value is -0.680. The number of carbonyl (C=O) groups excluding carboxylic acids is 1. The average Bonchev–Trinajstić information content (AvgIpc) is 2.62. The van der Waals surface area contributed by atoms with Crippen molar-refractivity contribution in [3.8, 4) is 0 Å². The van der Waals surface area contributed by atoms with Crippen molar-refractivity contribution in [3.05, 3.63) is 28.8 Å². The second-order valence-electron chi connectivity index (χ2n) is 7.28. The number of nitrogens with one attached hydrogen (secondary N) is 1. The van der Waals surface area contributed by atoms with Gasteiger partial charge in [0.15, 0.2) is 0 Å². The van der Waals surface area contributed by atoms with Crippen LogP contribution in [0.1, 0.15) is 36.0 Å². The molecular formula is C19H30Cl3N3O. The number of nitrogens with zero attached hydrogens (tertiary/aromatic N) is 2. The fourth-order valence-electron chi connectivity index (χ4n) is 4.06. The Labute approximate surface area is 174 Å². The molecule has 0 bridgehead atoms. The monoisotopic (exact) mass is 421 g/mol. The highest BCUT2D eigenvalue weighted by Crippen LogP contribution is 2.33. The van der Waals surface area contributed by atoms with E-state index in [2.05, 4.69) is 10.2 Å². The van der Waals surface area contributed by atoms with Crippen LogP contribution in [0.15, 0.2) is 18.2 Å². The Morgan fingerprint density at radius 2 is 1.65 bits per heavy atom. The zero-order valence-corrected chi connectivity index (χ0v) is 17.9. The number of benzene rings is 1. The molecule has 0 spiro atoms. The summed E-state index contributed by atoms with van der Waals surface area (Å²) in [5, 5.41) is 4.01. The topological polar surface area (TPSA) is 35.6 Å². The summed E-state index contributed by atoms with van der Waals surface area (Å²) in [7, 11) is 3.50. The highest BCUT2D eigenvalue weighted by molar-refractivity contribution is 6.34. The molecule has 148 valence electrons. The number of rotatable bonds is 3. The summed E-state index contributed by atoms with van der Waals surface area (Å²) in [5.74, 6) is 1.72. The third-order valence-corrected chi connectivity index (χ3v) is 5.86. The van der Waals surface area contributed by atoms with Crippen LogP contribution in [0.5, 0.6) is 0 Å². The molecule has 26 heavy (non-hydrogen) atoms. The van der Waals surface area contributed by atoms with E-state index < -0.39 is 0 Å². The molecule has 0 aromatic heterocycles. The second kappa shape index (κ2) is 10.6. The van der Waals surface area contributed by atoms with Crippen LogP contribution in [0.2, 0.25) is 5.02 Å². The van der Waals surface area contributed by atoms with Crippen LogP contribution in [-0.4, -0.2) is 51.1 Å². The molecule has 0 aliphatic carbocycles. The molecule has 2 fully saturated rings. The Morgan fingerprint density at radius 1 is 1.08 bits per heavy atom. The van der Waals surface area contributed by atoms with E-state index in [4.69, 9.17) is 11.6 Å². The molecule has 0 radical (unpaired) electrons. The van der Waals surface area contributed by atoms with E-state index in [1.807, 2.05) is 18.2 Å². The zero-order chi connectivity index (χ0) is 17.1. The molecule has 1 aromatic rings. The lowest BCUT2D eigenvalue weighted by Gasteiger charge is -2.38. The van der Waals surface area contributed by atoms with Gasteiger partial charge in [0.2, 0.25) is 0 Å². The van der Waals surface area contributed by atoms with Crippen molar-refractivity contribution < 1.29 is 4.79 Å². The summed E-state index contributed by atoms with van der Waals surface area (Å²) in [6, 6.07) is 5.84. The normalized spacial score (nSPS) is 18.7. The van der Waals surface area contributed by atoms with Crippen molar-refractivity contribution in [1.82, 2.24) is 10.2 Å². The predicted octanol–water partition coefficient (Wildman–Crippen LogP) is 4.10. The van der Waals surface area contributed by atoms with E-state index in [0.29, 0.717) is 10.6 Å². The zero-order valence-electron chi connectivity index (χ0n) is 15.5. The highest BCUT2D eigenvalue weighted by atomic mass is 35.5. The lowest BCUT2D eigenvalue weighted by molar-refractivity contribution is 0.0828. The minimum Gasteiger partial charge on any atom is -0.371 e. The van der Waals surface area contributed by atoms with Gasteiger partial charge in [-0.25, -0.2) is 0 Å². The van der Waals surface area contributed by atoms with E-state index >= 15 is 0 Å². The fourth-order valence-corrected chi connectivity index (χ4v) is 4.32. The SMILES string of the molecule is CN(C)C(=O)c1ccc(N2CCC(C3CCNCC3)CC2)cc1Cl.Cl.Cl. The number of anilines is 1. The van der Waals surface area contributed by atoms with Gasteiger partial charge in [-0.1, -0.05) is 11.6 Å². The van der Waals surface area contributed by atoms with Crippen molar-refractivity contribution in [2.45, 2.75) is 25.7 Å². The molecule has 0 unspecified atom stereocenters. The molecule has 2 aliphatic rings. The van der Waals surface area contributed by atoms with Crippen LogP contribution in [0, 0.1) is 11.8 Å². The van der Waals surface area contributed by atoms with Gasteiger partial charge in [-0.3, -0.25) is 4.79 Å². The number of hydrogen-bond donors (Lipinski definition) is 1. The van der Waals surface area contributed by atoms with E-state index in [-0.39, 0.29) is 30.7 Å². The van der Waals surface area contributed by atoms with Crippen LogP contribution >= 0.6 is 36.4 Å². The van der Waals surface area contributed by atoms with Crippen LogP contribution < -0.4 is 10.2 Å². The predicted molar refractivity (Wildman–Crippen MR) is 114 cm³/mol. The number of amides is 1. The van der Waals surface area contributed by atoms with E-state index in [1.165, 1.54) is 38.8 Å². The molecule has 1 amide bonds. The van der Waals surface area contributed by atoms with Gasteiger partial charge in [0.1, 0.15) is 0 Å². The summed E-state index contributed by atoms with van der Waals surface area (Å²) in [6.07, 6.45) is 5.19. The highest BCUT2D eigenvalue weighted by Gasteiger charge is 2.28. The van der Waals surface area contributed by atoms with Crippen molar-refractivity contribution in [3.63, 3.8) is 0 Å². The standard InChI is InChI=1S/C19H28ClN3O.2ClH/c1-22(2)19(24)17-4-3-16(13-18(17)20)23-11-7-15(8-12-23)14-5-9-21-10-6-14;;/h3-4,13-15,21H,5-12H2,1-2H3;2*1H. The minimum atomic E-state index is -0.0452. The molecule has 1 aromatic carbocycles. The van der Waals surface area contributed by atoms with Gasteiger partial charge in [-0.2, -0.15) is 0 Å². The van der Waals surface area contributed by atoms with Gasteiger partial charge in [0.05, 0.1) is 10.6 Å². The Morgan fingerprint density at radius 3 is 2.19 bits per heavy atom. The third-order valence-electron chi connectivity index (χ3n) is 5.54. The summed E-state index contributed by atoms with van der Waals surface area (Å²) in [6.45, 7) is 4.54. The summed E-state index contributed by atoms with van der Waals surface area (Å²) >= 11 is 6.36. The van der Waals surface area contributed by atoms with Gasteiger partial charge in [0, 0.05) is 32.9 Å². The molecule has 1 N–H and O–H groups in total. The molecule has 2 aliphatic heterocycles. The van der Waals surface area contributed by atoms with Crippen LogP contribution in [0.3, 0.4) is 0 Å². The third kappa shape index (κ3) is 5.41. The molecule has 0 saturated carbocycles. The minimum absolute atomic E-state index is 0. The van der Waals surface area contributed by atoms with Crippen molar-refractivity contribution in [1.29, 1.82) is 0 Å². The maximum absolute atomic E-state index is 12.1. The number of piperidine rings is 2. The lowest BCUT2D eigenvalue weighted by atomic mass is 9.79. The first kappa shape index (κ1) is 23.4. The first-order valence-corrected chi connectivity index (χ1v) is 9.41. The number of hydrogen-bond acceptors (Lipinski definition) is 3. The van der Waals surface area contributed by atoms with Crippen molar-refractivity contribution in [2.75, 3.05) is 45.2 Å². The van der Waals surface area contributed by atoms with E-state index in [1.54, 1.807) is 19.0 Å². The van der Waals surface area contributed by atoms with E-state index in [9.17, 15) is 4.79 Å². The van der Waals surface area contributed by atoms with Crippen LogP contribution in [-0.2, 0) is 0 Å². The second-order valence-corrected chi connectivity index (χ2v) is 7.68. The molecule has 4 nitrogen and oxygen atoms in total. The first-order chi connectivity index (χ1) is 11.6. The molecular weight excluding hydrogens is 393 g/mol. The van der Waals surface area contributed by atoms with Gasteiger partial charge in [-0.15, -0.1) is 24.8 Å². The van der Waals surface area contributed by atoms with Gasteiger partial charge < -0.3 is 15.1 Å². The smallest absolute Gasteiger partial charge is 0.254 e. The summed E-state index contributed by atoms with van der Waals surface area (Å²) in [4.78, 5) is 16.1. The van der Waals surface area contributed by atoms with E-state index in [0.717, 1.165) is 30.6 Å². The first-order valence-electron chi connectivity index (χ1n) is 9.03. The quantitative estimate of drug-likeness (QED) is 0.796. The van der Waals surface area contributed by atoms with Gasteiger partial charge in [-0.05, 0) is 68.8 Å². The molecule has 3 rings (SSSR count). The number of carbonyl (C=O) groups is 1. The fraction of sp³-hybridized carbons (Fsp3) is 0.632. The van der Waals surface area contributed by atoms with Crippen LogP contribution in [0.25, 0.3) is 0 Å². The molecule has 7 heteroatoms. The maximum Gasteiger partial charge on any atom is 0.254 e. The Balaban J connectivity index is 0.00000169. The van der Waals surface area contributed by atoms with Crippen molar-refractivity contribution in [2.24, 2.45) is 11.8 Å². The van der Waals surface area contributed by atoms with Crippen molar-refractivity contribution >= 4 is 48.0 Å². The summed E-state index contributed by atoms with van der Waals surface area (Å²) in [5.41, 5.74) is 1.72. The maximum atomic E-state index is 12.1. The molecule has 2 heterocycles. The van der Waals surface area contributed by atoms with Gasteiger partial charge >= 0.3 is 0 Å². The molecule has 2 saturated heterocycles. The largest absolute Gasteiger partial charge is 0.371 e. The van der Waals surface area contributed by atoms with Gasteiger partial charge in [0.25, 0.3) is 5.91 Å². The van der Waals surface area contributed by atoms with Crippen LogP contribution in [0.4, 0.5) is 5.69 Å². The lowest BCUT2D eigenvalue weighted by Crippen LogP contribution is -2.39. The Kier molecular flexibility index (Phi) is 9.53. The Bertz CT molecular complexity index is 583. The number of halogens is 3. The average molecular weight is 423 g/mol. The molecule has 0 atom stereocenters. The summed E-state index contributed by atoms with van der Waals surface area (Å²) < 4.78 is 0.